The summed E-state index contributed by atoms with van der Waals surface area (Å²) in [6, 6.07) is 10.8. The predicted octanol–water partition coefficient (Wildman–Crippen LogP) is 6.62. The molecule has 3 aromatic rings. The standard InChI is InChI=1S/C27H30Cl2N4O2S.C2H6/c1-14-20-10-16(27(20,2)3)11-22(14)31-25(36)30-18-6-7-19-23(13-18)32-26(35)33(24(19)34)9-8-15-4-5-17(28)12-21(15)29;1-2/h4-7,12-14,16,20,22H,8-11H2,1-3H3,(H,32,35)(H2,30,31,36);1-2H3/t14-,16+,20-,22-;/m0./s1. The number of anilines is 1. The van der Waals surface area contributed by atoms with Gasteiger partial charge in [-0.3, -0.25) is 9.36 Å². The number of hydrogen-bond acceptors (Lipinski definition) is 3. The Morgan fingerprint density at radius 1 is 1.13 bits per heavy atom. The fourth-order valence-corrected chi connectivity index (χ4v) is 6.94. The van der Waals surface area contributed by atoms with E-state index in [4.69, 9.17) is 35.4 Å². The number of aryl methyl sites for hydroxylation is 1. The second-order valence-corrected chi connectivity index (χ2v) is 12.0. The van der Waals surface area contributed by atoms with Crippen LogP contribution >= 0.6 is 35.4 Å². The van der Waals surface area contributed by atoms with Crippen molar-refractivity contribution in [3.63, 3.8) is 0 Å². The number of halogens is 2. The van der Waals surface area contributed by atoms with Crippen LogP contribution < -0.4 is 21.9 Å². The quantitative estimate of drug-likeness (QED) is 0.298. The van der Waals surface area contributed by atoms with E-state index in [0.29, 0.717) is 49.9 Å². The van der Waals surface area contributed by atoms with Crippen LogP contribution in [0, 0.1) is 23.2 Å². The highest BCUT2D eigenvalue weighted by Crippen LogP contribution is 2.61. The van der Waals surface area contributed by atoms with E-state index in [1.54, 1.807) is 36.4 Å². The van der Waals surface area contributed by atoms with E-state index >= 15 is 0 Å². The van der Waals surface area contributed by atoms with E-state index in [1.807, 2.05) is 13.8 Å². The zero-order valence-electron chi connectivity index (χ0n) is 22.5. The number of hydrogen-bond donors (Lipinski definition) is 3. The second-order valence-electron chi connectivity index (χ2n) is 10.8. The number of nitrogens with zero attached hydrogens (tertiary/aromatic N) is 1. The van der Waals surface area contributed by atoms with Crippen molar-refractivity contribution in [3.8, 4) is 0 Å². The molecule has 1 heterocycles. The Labute approximate surface area is 239 Å². The van der Waals surface area contributed by atoms with Crippen LogP contribution in [0.5, 0.6) is 0 Å². The van der Waals surface area contributed by atoms with Gasteiger partial charge >= 0.3 is 5.69 Å². The molecular weight excluding hydrogens is 539 g/mol. The fraction of sp³-hybridized carbons (Fsp3) is 0.483. The minimum absolute atomic E-state index is 0.206. The lowest BCUT2D eigenvalue weighted by molar-refractivity contribution is -0.111. The average molecular weight is 576 g/mol. The summed E-state index contributed by atoms with van der Waals surface area (Å²) in [5, 5.41) is 8.77. The Morgan fingerprint density at radius 3 is 2.53 bits per heavy atom. The van der Waals surface area contributed by atoms with Crippen molar-refractivity contribution in [2.75, 3.05) is 5.32 Å². The van der Waals surface area contributed by atoms with E-state index < -0.39 is 5.69 Å². The number of nitrogens with one attached hydrogen (secondary N) is 3. The molecule has 0 unspecified atom stereocenters. The summed E-state index contributed by atoms with van der Waals surface area (Å²) in [4.78, 5) is 28.6. The van der Waals surface area contributed by atoms with E-state index in [-0.39, 0.29) is 12.1 Å². The van der Waals surface area contributed by atoms with Gasteiger partial charge in [0.2, 0.25) is 0 Å². The normalized spacial score (nSPS) is 23.1. The molecule has 9 heteroatoms. The van der Waals surface area contributed by atoms with Crippen LogP contribution in [0.25, 0.3) is 10.9 Å². The molecule has 3 saturated carbocycles. The summed E-state index contributed by atoms with van der Waals surface area (Å²) >= 11 is 17.8. The summed E-state index contributed by atoms with van der Waals surface area (Å²) in [6.45, 7) is 11.3. The van der Waals surface area contributed by atoms with Crippen molar-refractivity contribution in [1.29, 1.82) is 0 Å². The molecule has 2 aromatic carbocycles. The highest BCUT2D eigenvalue weighted by atomic mass is 35.5. The Bertz CT molecular complexity index is 1470. The first-order valence-corrected chi connectivity index (χ1v) is 14.5. The van der Waals surface area contributed by atoms with Gasteiger partial charge in [0.25, 0.3) is 5.56 Å². The second kappa shape index (κ2) is 11.4. The molecule has 0 radical (unpaired) electrons. The molecule has 6 nitrogen and oxygen atoms in total. The topological polar surface area (TPSA) is 78.9 Å². The highest BCUT2D eigenvalue weighted by Gasteiger charge is 2.56. The zero-order valence-corrected chi connectivity index (χ0v) is 24.9. The van der Waals surface area contributed by atoms with Crippen molar-refractivity contribution in [2.24, 2.45) is 23.2 Å². The Kier molecular flexibility index (Phi) is 8.60. The number of thiocarbonyl (C=S) groups is 1. The first-order valence-electron chi connectivity index (χ1n) is 13.3. The molecule has 6 rings (SSSR count). The molecule has 1 aromatic heterocycles. The molecule has 3 N–H and O–H groups in total. The van der Waals surface area contributed by atoms with Crippen LogP contribution in [0.3, 0.4) is 0 Å². The largest absolute Gasteiger partial charge is 0.359 e. The molecule has 3 aliphatic rings. The van der Waals surface area contributed by atoms with Crippen molar-refractivity contribution in [1.82, 2.24) is 14.9 Å². The molecule has 204 valence electrons. The average Bonchev–Trinajstić information content (AvgIpc) is 2.87. The van der Waals surface area contributed by atoms with Crippen LogP contribution in [0.2, 0.25) is 10.0 Å². The van der Waals surface area contributed by atoms with Gasteiger partial charge in [0.05, 0.1) is 10.9 Å². The maximum atomic E-state index is 13.1. The van der Waals surface area contributed by atoms with E-state index in [0.717, 1.165) is 29.5 Å². The van der Waals surface area contributed by atoms with Crippen molar-refractivity contribution in [2.45, 2.75) is 66.5 Å². The third-order valence-corrected chi connectivity index (χ3v) is 9.34. The van der Waals surface area contributed by atoms with Gasteiger partial charge in [-0.1, -0.05) is 63.9 Å². The summed E-state index contributed by atoms with van der Waals surface area (Å²) in [5.74, 6) is 2.02. The van der Waals surface area contributed by atoms with Gasteiger partial charge in [0, 0.05) is 28.3 Å². The lowest BCUT2D eigenvalue weighted by atomic mass is 9.45. The maximum Gasteiger partial charge on any atom is 0.328 e. The van der Waals surface area contributed by atoms with Crippen LogP contribution in [0.15, 0.2) is 46.0 Å². The van der Waals surface area contributed by atoms with Gasteiger partial charge in [-0.2, -0.15) is 0 Å². The molecule has 3 aliphatic carbocycles. The molecule has 0 spiro atoms. The monoisotopic (exact) mass is 574 g/mol. The van der Waals surface area contributed by atoms with Crippen molar-refractivity contribution in [3.05, 3.63) is 72.8 Å². The number of benzene rings is 2. The van der Waals surface area contributed by atoms with Crippen LogP contribution in [-0.2, 0) is 13.0 Å². The first kappa shape index (κ1) is 28.7. The number of aromatic nitrogens is 2. The van der Waals surface area contributed by atoms with Crippen LogP contribution in [-0.4, -0.2) is 20.7 Å². The third kappa shape index (κ3) is 5.51. The number of H-pyrrole nitrogens is 1. The molecule has 2 bridgehead atoms. The lowest BCUT2D eigenvalue weighted by Gasteiger charge is -2.62. The van der Waals surface area contributed by atoms with Crippen LogP contribution in [0.4, 0.5) is 5.69 Å². The van der Waals surface area contributed by atoms with Crippen LogP contribution in [0.1, 0.15) is 53.0 Å². The number of fused-ring (bicyclic) bond motifs is 3. The fourth-order valence-electron chi connectivity index (χ4n) is 6.17. The first-order chi connectivity index (χ1) is 18.0. The highest BCUT2D eigenvalue weighted by molar-refractivity contribution is 7.80. The summed E-state index contributed by atoms with van der Waals surface area (Å²) in [6.07, 6.45) is 2.87. The van der Waals surface area contributed by atoms with Gasteiger partial charge in [0.15, 0.2) is 5.11 Å². The minimum atomic E-state index is -0.465. The van der Waals surface area contributed by atoms with E-state index in [1.165, 1.54) is 11.0 Å². The van der Waals surface area contributed by atoms with E-state index in [2.05, 4.69) is 36.4 Å². The lowest BCUT2D eigenvalue weighted by Crippen LogP contribution is -2.61. The summed E-state index contributed by atoms with van der Waals surface area (Å²) in [7, 11) is 0. The maximum absolute atomic E-state index is 13.1. The van der Waals surface area contributed by atoms with Gasteiger partial charge in [0.1, 0.15) is 0 Å². The molecular formula is C29H36Cl2N4O2S. The van der Waals surface area contributed by atoms with Gasteiger partial charge in [-0.25, -0.2) is 4.79 Å². The SMILES string of the molecule is CC.C[C@@H]1[C@@H](NC(=S)Nc2ccc3c(=O)n(CCc4ccc(Cl)cc4Cl)c(=O)[nH]c3c2)C[C@H]2C[C@@H]1C2(C)C. The zero-order chi connectivity index (χ0) is 27.8. The van der Waals surface area contributed by atoms with Crippen molar-refractivity contribution >= 4 is 57.1 Å². The molecule has 3 fully saturated rings. The Morgan fingerprint density at radius 2 is 1.87 bits per heavy atom. The molecule has 0 saturated heterocycles. The molecule has 38 heavy (non-hydrogen) atoms. The summed E-state index contributed by atoms with van der Waals surface area (Å²) in [5.41, 5.74) is 1.62. The smallest absolute Gasteiger partial charge is 0.328 e. The number of aromatic amines is 1. The minimum Gasteiger partial charge on any atom is -0.359 e. The number of rotatable bonds is 5. The van der Waals surface area contributed by atoms with E-state index in [9.17, 15) is 9.59 Å². The van der Waals surface area contributed by atoms with Gasteiger partial charge in [-0.05, 0) is 90.5 Å². The molecule has 0 amide bonds. The van der Waals surface area contributed by atoms with Gasteiger partial charge in [-0.15, -0.1) is 0 Å². The predicted molar refractivity (Wildman–Crippen MR) is 163 cm³/mol. The molecule has 4 atom stereocenters. The third-order valence-electron chi connectivity index (χ3n) is 8.53. The Balaban J connectivity index is 0.00000164. The van der Waals surface area contributed by atoms with Crippen molar-refractivity contribution < 1.29 is 0 Å². The van der Waals surface area contributed by atoms with Gasteiger partial charge < -0.3 is 15.6 Å². The Hall–Kier alpha value is -2.35. The summed E-state index contributed by atoms with van der Waals surface area (Å²) < 4.78 is 1.20. The molecule has 0 aliphatic heterocycles.